The molecule has 3 aromatic rings. The molecule has 1 aromatic carbocycles. The van der Waals surface area contributed by atoms with Gasteiger partial charge in [0.25, 0.3) is 0 Å². The second-order valence-corrected chi connectivity index (χ2v) is 5.79. The SMILES string of the molecule is CC[C@@H](NC(=O)Cn1ccc2ccccc21)c1cc(C)ccn1. The summed E-state index contributed by atoms with van der Waals surface area (Å²) in [6.07, 6.45) is 4.56. The number of aryl methyl sites for hydroxylation is 1. The Morgan fingerprint density at radius 1 is 1.26 bits per heavy atom. The zero-order chi connectivity index (χ0) is 16.2. The first-order chi connectivity index (χ1) is 11.2. The molecule has 118 valence electrons. The molecule has 4 nitrogen and oxygen atoms in total. The number of pyridine rings is 1. The molecule has 2 heterocycles. The van der Waals surface area contributed by atoms with Crippen molar-refractivity contribution in [3.05, 3.63) is 66.1 Å². The number of amides is 1. The summed E-state index contributed by atoms with van der Waals surface area (Å²) in [5, 5.41) is 4.24. The molecule has 0 aliphatic carbocycles. The van der Waals surface area contributed by atoms with Crippen LogP contribution in [0.5, 0.6) is 0 Å². The molecule has 3 rings (SSSR count). The molecular weight excluding hydrogens is 286 g/mol. The highest BCUT2D eigenvalue weighted by molar-refractivity contribution is 5.83. The van der Waals surface area contributed by atoms with Crippen LogP contribution in [0.4, 0.5) is 0 Å². The molecular formula is C19H21N3O. The fourth-order valence-corrected chi connectivity index (χ4v) is 2.81. The molecule has 0 bridgehead atoms. The number of aromatic nitrogens is 2. The van der Waals surface area contributed by atoms with E-state index in [-0.39, 0.29) is 11.9 Å². The molecule has 1 N–H and O–H groups in total. The monoisotopic (exact) mass is 307 g/mol. The molecule has 2 aromatic heterocycles. The van der Waals surface area contributed by atoms with Crippen molar-refractivity contribution in [3.8, 4) is 0 Å². The van der Waals surface area contributed by atoms with Gasteiger partial charge in [0.2, 0.25) is 5.91 Å². The van der Waals surface area contributed by atoms with Gasteiger partial charge in [0.15, 0.2) is 0 Å². The maximum Gasteiger partial charge on any atom is 0.240 e. The lowest BCUT2D eigenvalue weighted by atomic mass is 10.1. The minimum atomic E-state index is -0.0516. The molecule has 0 unspecified atom stereocenters. The molecule has 1 amide bonds. The van der Waals surface area contributed by atoms with Crippen molar-refractivity contribution in [1.82, 2.24) is 14.9 Å². The first kappa shape index (κ1) is 15.3. The summed E-state index contributed by atoms with van der Waals surface area (Å²) in [5.74, 6) is 0.00140. The number of carbonyl (C=O) groups excluding carboxylic acids is 1. The molecule has 23 heavy (non-hydrogen) atoms. The molecule has 0 fully saturated rings. The van der Waals surface area contributed by atoms with Gasteiger partial charge in [-0.2, -0.15) is 0 Å². The molecule has 0 aliphatic heterocycles. The van der Waals surface area contributed by atoms with Crippen LogP contribution in [-0.2, 0) is 11.3 Å². The van der Waals surface area contributed by atoms with Gasteiger partial charge >= 0.3 is 0 Å². The molecule has 0 saturated carbocycles. The smallest absolute Gasteiger partial charge is 0.240 e. The standard InChI is InChI=1S/C19H21N3O/c1-3-16(17-12-14(2)8-10-20-17)21-19(23)13-22-11-9-15-6-4-5-7-18(15)22/h4-12,16H,3,13H2,1-2H3,(H,21,23)/t16-/m1/s1. The van der Waals surface area contributed by atoms with Gasteiger partial charge in [0.1, 0.15) is 6.54 Å². The van der Waals surface area contributed by atoms with Crippen molar-refractivity contribution in [2.45, 2.75) is 32.9 Å². The minimum absolute atomic E-state index is 0.00140. The summed E-state index contributed by atoms with van der Waals surface area (Å²) in [6, 6.07) is 14.0. The Morgan fingerprint density at radius 2 is 2.09 bits per heavy atom. The number of para-hydroxylation sites is 1. The zero-order valence-electron chi connectivity index (χ0n) is 13.5. The Bertz CT molecular complexity index is 822. The molecule has 4 heteroatoms. The Morgan fingerprint density at radius 3 is 2.87 bits per heavy atom. The number of carbonyl (C=O) groups is 1. The fraction of sp³-hybridized carbons (Fsp3) is 0.263. The molecule has 1 atom stereocenters. The summed E-state index contributed by atoms with van der Waals surface area (Å²) in [5.41, 5.74) is 3.14. The lowest BCUT2D eigenvalue weighted by Gasteiger charge is -2.17. The Balaban J connectivity index is 1.73. The average molecular weight is 307 g/mol. The highest BCUT2D eigenvalue weighted by Gasteiger charge is 2.15. The van der Waals surface area contributed by atoms with E-state index in [1.165, 1.54) is 0 Å². The average Bonchev–Trinajstić information content (AvgIpc) is 2.96. The maximum atomic E-state index is 12.4. The van der Waals surface area contributed by atoms with Crippen molar-refractivity contribution in [2.75, 3.05) is 0 Å². The molecule has 0 saturated heterocycles. The van der Waals surface area contributed by atoms with E-state index in [1.54, 1.807) is 6.20 Å². The van der Waals surface area contributed by atoms with Gasteiger partial charge in [-0.05, 0) is 48.6 Å². The summed E-state index contributed by atoms with van der Waals surface area (Å²) >= 11 is 0. The van der Waals surface area contributed by atoms with Crippen molar-refractivity contribution in [3.63, 3.8) is 0 Å². The minimum Gasteiger partial charge on any atom is -0.346 e. The maximum absolute atomic E-state index is 12.4. The topological polar surface area (TPSA) is 46.9 Å². The number of hydrogen-bond donors (Lipinski definition) is 1. The summed E-state index contributed by atoms with van der Waals surface area (Å²) < 4.78 is 1.97. The van der Waals surface area contributed by atoms with Crippen LogP contribution in [0.25, 0.3) is 10.9 Å². The summed E-state index contributed by atoms with van der Waals surface area (Å²) in [6.45, 7) is 4.40. The van der Waals surface area contributed by atoms with Crippen molar-refractivity contribution in [2.24, 2.45) is 0 Å². The number of nitrogens with zero attached hydrogens (tertiary/aromatic N) is 2. The molecule has 0 spiro atoms. The van der Waals surface area contributed by atoms with Crippen LogP contribution in [-0.4, -0.2) is 15.5 Å². The van der Waals surface area contributed by atoms with E-state index in [1.807, 2.05) is 54.1 Å². The van der Waals surface area contributed by atoms with Gasteiger partial charge in [-0.1, -0.05) is 25.1 Å². The third kappa shape index (κ3) is 3.42. The van der Waals surface area contributed by atoms with Crippen molar-refractivity contribution < 1.29 is 4.79 Å². The highest BCUT2D eigenvalue weighted by atomic mass is 16.2. The summed E-state index contributed by atoms with van der Waals surface area (Å²) in [4.78, 5) is 16.8. The van der Waals surface area contributed by atoms with E-state index in [4.69, 9.17) is 0 Å². The van der Waals surface area contributed by atoms with Crippen molar-refractivity contribution in [1.29, 1.82) is 0 Å². The second kappa shape index (κ2) is 6.65. The third-order valence-corrected chi connectivity index (χ3v) is 4.03. The van der Waals surface area contributed by atoms with E-state index < -0.39 is 0 Å². The Kier molecular flexibility index (Phi) is 4.42. The van der Waals surface area contributed by atoms with Crippen LogP contribution >= 0.6 is 0 Å². The van der Waals surface area contributed by atoms with Gasteiger partial charge in [0, 0.05) is 17.9 Å². The van der Waals surface area contributed by atoms with Crippen LogP contribution in [0.15, 0.2) is 54.9 Å². The highest BCUT2D eigenvalue weighted by Crippen LogP contribution is 2.17. The third-order valence-electron chi connectivity index (χ3n) is 4.03. The predicted octanol–water partition coefficient (Wildman–Crippen LogP) is 3.61. The number of rotatable bonds is 5. The largest absolute Gasteiger partial charge is 0.346 e. The zero-order valence-corrected chi connectivity index (χ0v) is 13.5. The van der Waals surface area contributed by atoms with E-state index >= 15 is 0 Å². The predicted molar refractivity (Wildman–Crippen MR) is 92.1 cm³/mol. The van der Waals surface area contributed by atoms with Gasteiger partial charge in [0.05, 0.1) is 11.7 Å². The van der Waals surface area contributed by atoms with E-state index in [0.29, 0.717) is 6.54 Å². The van der Waals surface area contributed by atoms with E-state index in [9.17, 15) is 4.79 Å². The van der Waals surface area contributed by atoms with Gasteiger partial charge in [-0.3, -0.25) is 9.78 Å². The van der Waals surface area contributed by atoms with Gasteiger partial charge in [-0.15, -0.1) is 0 Å². The lowest BCUT2D eigenvalue weighted by Crippen LogP contribution is -2.31. The first-order valence-corrected chi connectivity index (χ1v) is 7.93. The normalized spacial score (nSPS) is 12.3. The van der Waals surface area contributed by atoms with Crippen LogP contribution in [0, 0.1) is 6.92 Å². The van der Waals surface area contributed by atoms with E-state index in [2.05, 4.69) is 23.3 Å². The van der Waals surface area contributed by atoms with Gasteiger partial charge < -0.3 is 9.88 Å². The quantitative estimate of drug-likeness (QED) is 0.782. The van der Waals surface area contributed by atoms with Crippen LogP contribution in [0.2, 0.25) is 0 Å². The fourth-order valence-electron chi connectivity index (χ4n) is 2.81. The first-order valence-electron chi connectivity index (χ1n) is 7.93. The van der Waals surface area contributed by atoms with Gasteiger partial charge in [-0.25, -0.2) is 0 Å². The second-order valence-electron chi connectivity index (χ2n) is 5.79. The van der Waals surface area contributed by atoms with E-state index in [0.717, 1.165) is 28.6 Å². The molecule has 0 radical (unpaired) electrons. The number of nitrogens with one attached hydrogen (secondary N) is 1. The Labute approximate surface area is 136 Å². The molecule has 0 aliphatic rings. The number of benzene rings is 1. The van der Waals surface area contributed by atoms with Crippen molar-refractivity contribution >= 4 is 16.8 Å². The van der Waals surface area contributed by atoms with Crippen LogP contribution < -0.4 is 5.32 Å². The number of fused-ring (bicyclic) bond motifs is 1. The lowest BCUT2D eigenvalue weighted by molar-refractivity contribution is -0.122. The van der Waals surface area contributed by atoms with Crippen LogP contribution in [0.3, 0.4) is 0 Å². The van der Waals surface area contributed by atoms with Crippen LogP contribution in [0.1, 0.15) is 30.6 Å². The number of hydrogen-bond acceptors (Lipinski definition) is 2. The summed E-state index contributed by atoms with van der Waals surface area (Å²) in [7, 11) is 0. The Hall–Kier alpha value is -2.62.